The van der Waals surface area contributed by atoms with Gasteiger partial charge in [0.25, 0.3) is 5.91 Å². The van der Waals surface area contributed by atoms with E-state index in [1.807, 2.05) is 48.9 Å². The number of esters is 1. The molecule has 1 aliphatic rings. The van der Waals surface area contributed by atoms with E-state index in [0.29, 0.717) is 17.2 Å². The van der Waals surface area contributed by atoms with Crippen molar-refractivity contribution in [2.24, 2.45) is 0 Å². The Morgan fingerprint density at radius 1 is 1.13 bits per heavy atom. The van der Waals surface area contributed by atoms with Gasteiger partial charge in [-0.25, -0.2) is 9.48 Å². The average molecular weight is 419 g/mol. The van der Waals surface area contributed by atoms with Gasteiger partial charge in [0.15, 0.2) is 18.1 Å². The molecule has 1 N–H and O–H groups in total. The number of carbonyl (C=O) groups excluding carboxylic acids is 2. The predicted octanol–water partition coefficient (Wildman–Crippen LogP) is 3.41. The monoisotopic (exact) mass is 419 g/mol. The van der Waals surface area contributed by atoms with Gasteiger partial charge in [0.2, 0.25) is 6.79 Å². The minimum absolute atomic E-state index is 0.153. The molecule has 0 unspecified atom stereocenters. The average Bonchev–Trinajstić information content (AvgIpc) is 3.35. The molecule has 8 nitrogen and oxygen atoms in total. The van der Waals surface area contributed by atoms with Gasteiger partial charge >= 0.3 is 5.97 Å². The SMILES string of the molecule is Cc1nn(-c2ccccc2)c(C)c1C=CC(=O)OCC(=O)Nc1ccc2c(c1)OCO2. The van der Waals surface area contributed by atoms with E-state index in [4.69, 9.17) is 14.2 Å². The Labute approximate surface area is 179 Å². The Balaban J connectivity index is 1.34. The summed E-state index contributed by atoms with van der Waals surface area (Å²) in [6.07, 6.45) is 2.94. The Morgan fingerprint density at radius 2 is 1.90 bits per heavy atom. The normalized spacial score (nSPS) is 12.2. The number of nitrogens with zero attached hydrogens (tertiary/aromatic N) is 2. The van der Waals surface area contributed by atoms with Crippen molar-refractivity contribution < 1.29 is 23.8 Å². The van der Waals surface area contributed by atoms with Crippen molar-refractivity contribution in [1.29, 1.82) is 0 Å². The molecule has 4 rings (SSSR count). The lowest BCUT2D eigenvalue weighted by Crippen LogP contribution is -2.20. The van der Waals surface area contributed by atoms with Crippen LogP contribution in [0.25, 0.3) is 11.8 Å². The minimum Gasteiger partial charge on any atom is -0.454 e. The van der Waals surface area contributed by atoms with Gasteiger partial charge in [-0.3, -0.25) is 4.79 Å². The molecule has 8 heteroatoms. The summed E-state index contributed by atoms with van der Waals surface area (Å²) in [5.41, 5.74) is 3.97. The largest absolute Gasteiger partial charge is 0.454 e. The second-order valence-electron chi connectivity index (χ2n) is 6.89. The van der Waals surface area contributed by atoms with Gasteiger partial charge in [0.05, 0.1) is 11.4 Å². The second-order valence-corrected chi connectivity index (χ2v) is 6.89. The molecule has 0 bridgehead atoms. The number of aromatic nitrogens is 2. The number of anilines is 1. The van der Waals surface area contributed by atoms with Gasteiger partial charge in [-0.1, -0.05) is 18.2 Å². The van der Waals surface area contributed by atoms with Gasteiger partial charge in [0, 0.05) is 29.1 Å². The summed E-state index contributed by atoms with van der Waals surface area (Å²) in [6, 6.07) is 14.8. The summed E-state index contributed by atoms with van der Waals surface area (Å²) >= 11 is 0. The molecule has 1 aliphatic heterocycles. The Bertz CT molecular complexity index is 1150. The van der Waals surface area contributed by atoms with Crippen molar-refractivity contribution in [1.82, 2.24) is 9.78 Å². The summed E-state index contributed by atoms with van der Waals surface area (Å²) in [6.45, 7) is 3.55. The standard InChI is InChI=1S/C23H21N3O5/c1-15-19(16(2)26(25-15)18-6-4-3-5-7-18)9-11-23(28)29-13-22(27)24-17-8-10-20-21(12-17)31-14-30-20/h3-12H,13-14H2,1-2H3,(H,24,27). The summed E-state index contributed by atoms with van der Waals surface area (Å²) in [4.78, 5) is 24.1. The summed E-state index contributed by atoms with van der Waals surface area (Å²) in [5.74, 6) is 0.104. The molecular formula is C23H21N3O5. The van der Waals surface area contributed by atoms with Crippen LogP contribution >= 0.6 is 0 Å². The van der Waals surface area contributed by atoms with Crippen molar-refractivity contribution in [3.8, 4) is 17.2 Å². The van der Waals surface area contributed by atoms with Crippen molar-refractivity contribution in [3.63, 3.8) is 0 Å². The van der Waals surface area contributed by atoms with Crippen LogP contribution in [0, 0.1) is 13.8 Å². The van der Waals surface area contributed by atoms with Crippen LogP contribution in [0.4, 0.5) is 5.69 Å². The van der Waals surface area contributed by atoms with Gasteiger partial charge in [0.1, 0.15) is 0 Å². The first-order chi connectivity index (χ1) is 15.0. The first kappa shape index (κ1) is 20.2. The highest BCUT2D eigenvalue weighted by molar-refractivity contribution is 5.95. The molecule has 1 amide bonds. The summed E-state index contributed by atoms with van der Waals surface area (Å²) in [5, 5.41) is 7.19. The van der Waals surface area contributed by atoms with E-state index in [2.05, 4.69) is 10.4 Å². The van der Waals surface area contributed by atoms with E-state index < -0.39 is 18.5 Å². The first-order valence-corrected chi connectivity index (χ1v) is 9.67. The fraction of sp³-hybridized carbons (Fsp3) is 0.174. The summed E-state index contributed by atoms with van der Waals surface area (Å²) < 4.78 is 17.4. The smallest absolute Gasteiger partial charge is 0.331 e. The minimum atomic E-state index is -0.618. The highest BCUT2D eigenvalue weighted by atomic mass is 16.7. The van der Waals surface area contributed by atoms with E-state index in [9.17, 15) is 9.59 Å². The van der Waals surface area contributed by atoms with E-state index in [0.717, 1.165) is 22.6 Å². The number of hydrogen-bond donors (Lipinski definition) is 1. The molecule has 0 atom stereocenters. The van der Waals surface area contributed by atoms with Crippen LogP contribution in [-0.2, 0) is 14.3 Å². The zero-order valence-electron chi connectivity index (χ0n) is 17.1. The van der Waals surface area contributed by atoms with Gasteiger partial charge in [-0.05, 0) is 44.2 Å². The van der Waals surface area contributed by atoms with Crippen LogP contribution in [0.15, 0.2) is 54.6 Å². The zero-order chi connectivity index (χ0) is 21.8. The number of fused-ring (bicyclic) bond motifs is 1. The number of rotatable bonds is 6. The zero-order valence-corrected chi connectivity index (χ0v) is 17.1. The number of para-hydroxylation sites is 1. The Kier molecular flexibility index (Phi) is 5.70. The maximum atomic E-state index is 12.1. The first-order valence-electron chi connectivity index (χ1n) is 9.67. The van der Waals surface area contributed by atoms with Crippen LogP contribution in [0.1, 0.15) is 17.0 Å². The molecule has 158 valence electrons. The lowest BCUT2D eigenvalue weighted by atomic mass is 10.2. The van der Waals surface area contributed by atoms with Gasteiger partial charge in [-0.15, -0.1) is 0 Å². The molecule has 1 aromatic heterocycles. The van der Waals surface area contributed by atoms with Crippen molar-refractivity contribution in [3.05, 3.63) is 71.6 Å². The van der Waals surface area contributed by atoms with E-state index >= 15 is 0 Å². The lowest BCUT2D eigenvalue weighted by molar-refractivity contribution is -0.142. The topological polar surface area (TPSA) is 91.7 Å². The van der Waals surface area contributed by atoms with Crippen LogP contribution in [0.2, 0.25) is 0 Å². The molecular weight excluding hydrogens is 398 g/mol. The third kappa shape index (κ3) is 4.58. The van der Waals surface area contributed by atoms with Crippen LogP contribution in [0.5, 0.6) is 11.5 Å². The molecule has 2 aromatic carbocycles. The number of carbonyl (C=O) groups is 2. The molecule has 0 saturated heterocycles. The van der Waals surface area contributed by atoms with Crippen molar-refractivity contribution >= 4 is 23.6 Å². The van der Waals surface area contributed by atoms with E-state index in [1.165, 1.54) is 6.08 Å². The molecule has 0 aliphatic carbocycles. The molecule has 0 saturated carbocycles. The molecule has 31 heavy (non-hydrogen) atoms. The number of nitrogens with one attached hydrogen (secondary N) is 1. The Morgan fingerprint density at radius 3 is 2.71 bits per heavy atom. The number of amides is 1. The Hall–Kier alpha value is -4.07. The number of hydrogen-bond acceptors (Lipinski definition) is 6. The second kappa shape index (κ2) is 8.74. The maximum Gasteiger partial charge on any atom is 0.331 e. The van der Waals surface area contributed by atoms with E-state index in [1.54, 1.807) is 24.3 Å². The highest BCUT2D eigenvalue weighted by Crippen LogP contribution is 2.34. The molecule has 3 aromatic rings. The van der Waals surface area contributed by atoms with Crippen molar-refractivity contribution in [2.75, 3.05) is 18.7 Å². The van der Waals surface area contributed by atoms with Crippen LogP contribution < -0.4 is 14.8 Å². The third-order valence-electron chi connectivity index (χ3n) is 4.74. The number of aryl methyl sites for hydroxylation is 1. The van der Waals surface area contributed by atoms with Crippen molar-refractivity contribution in [2.45, 2.75) is 13.8 Å². The number of benzene rings is 2. The highest BCUT2D eigenvalue weighted by Gasteiger charge is 2.15. The van der Waals surface area contributed by atoms with Crippen LogP contribution in [-0.4, -0.2) is 35.1 Å². The van der Waals surface area contributed by atoms with Gasteiger partial charge in [-0.2, -0.15) is 5.10 Å². The lowest BCUT2D eigenvalue weighted by Gasteiger charge is -2.06. The molecule has 2 heterocycles. The molecule has 0 fully saturated rings. The third-order valence-corrected chi connectivity index (χ3v) is 4.74. The molecule has 0 radical (unpaired) electrons. The van der Waals surface area contributed by atoms with E-state index in [-0.39, 0.29) is 6.79 Å². The van der Waals surface area contributed by atoms with Crippen LogP contribution in [0.3, 0.4) is 0 Å². The predicted molar refractivity (Wildman–Crippen MR) is 114 cm³/mol. The summed E-state index contributed by atoms with van der Waals surface area (Å²) in [7, 11) is 0. The quantitative estimate of drug-likeness (QED) is 0.486. The molecule has 0 spiro atoms. The fourth-order valence-corrected chi connectivity index (χ4v) is 3.22. The fourth-order valence-electron chi connectivity index (χ4n) is 3.22. The maximum absolute atomic E-state index is 12.1. The van der Waals surface area contributed by atoms with Gasteiger partial charge < -0.3 is 19.5 Å². The number of ether oxygens (including phenoxy) is 3.